The molecule has 8 aliphatic rings. The number of aliphatic hydroxyl groups excluding tert-OH is 2. The topological polar surface area (TPSA) is 175 Å². The van der Waals surface area contributed by atoms with Crippen molar-refractivity contribution < 1.29 is 34.0 Å². The number of amides is 2. The second kappa shape index (κ2) is 57.2. The highest BCUT2D eigenvalue weighted by molar-refractivity contribution is 5.78. The largest absolute Gasteiger partial charge is 0.497 e. The highest BCUT2D eigenvalue weighted by atomic mass is 16.5. The maximum Gasteiger partial charge on any atom is 0.236 e. The summed E-state index contributed by atoms with van der Waals surface area (Å²) in [5.41, 5.74) is 3.79. The zero-order valence-corrected chi connectivity index (χ0v) is 73.0. The second-order valence-electron chi connectivity index (χ2n) is 33.2. The highest BCUT2D eigenvalue weighted by Crippen LogP contribution is 2.23. The standard InChI is InChI=1S/C10H14O.C9H18N2O.C9H20N2O.C9H16N2.C9H19NO.C9H13N.C8H16N2O.C8H17NO.C8H17N.C7H15NO/c1-8(2)9-5-4-6-10(7-9)11-3;1-8(2)10-4-6-11(7-5-10)9(3)12;1-9(2)11-5-3-10(4-6-11)7-8-12;1-8(2)11-5-3-9(7-10)4-6-11;1-8(2)10-6-4-5-9(10)7-11-3;1-7(2)9-4-5-10-8(3)6-9;1-7(2)10-5-4-9(3)8(11)6-10;1-7(2)9-5-3-8(10)4-6-9;1-7(2)9-5-4-8(3)6-9;1-7(2)8-3-5-9-6-4-8/h4-8H,1-3H3;8H,4-7H2,1-3H3;9,12H,3-8H2,1-2H3;8-9H,3-6H2,1-2H3;8-9H,4-7H2,1-3H3;4-7H,1-3H3;7H,4-6H2,1-3H3;7-8,10H,3-6H2,1-2H3;7-8H,4-6H2,1-3H3;7H,3-6H2,1-2H3. The van der Waals surface area contributed by atoms with Crippen LogP contribution in [0.1, 0.15) is 226 Å². The Morgan fingerprint density at radius 3 is 1.42 bits per heavy atom. The first-order valence-corrected chi connectivity index (χ1v) is 41.6. The lowest BCUT2D eigenvalue weighted by atomic mass is 9.98. The Morgan fingerprint density at radius 1 is 0.575 bits per heavy atom. The second-order valence-corrected chi connectivity index (χ2v) is 33.2. The number of aromatic nitrogens is 1. The van der Waals surface area contributed by atoms with Gasteiger partial charge in [-0.1, -0.05) is 46.8 Å². The number of aryl methyl sites for hydroxylation is 1. The Kier molecular flexibility index (Phi) is 54.0. The number of rotatable bonds is 15. The SMILES string of the molecule is CC(=O)N1CCN(C(C)C)CC1.CC(C)N1CCC(C#N)CC1.CC(C)N1CCC(O)CC1.CC(C)N1CCN(C)C(=O)C1.CC(C)N1CCN(CCO)CC1.CC(C)N1CCOCC1.CC1CCN(C(C)C)C1.COCC1CCCN1C(C)C.COc1cccc(C(C)C)c1.Cc1cc(C(C)C)ccn1. The summed E-state index contributed by atoms with van der Waals surface area (Å²) in [6.45, 7) is 75.4. The van der Waals surface area contributed by atoms with Gasteiger partial charge >= 0.3 is 0 Å². The van der Waals surface area contributed by atoms with Crippen molar-refractivity contribution in [1.82, 2.24) is 58.9 Å². The molecular formula is C86H165N13O7. The number of piperazine rings is 3. The van der Waals surface area contributed by atoms with Gasteiger partial charge in [0, 0.05) is 198 Å². The fourth-order valence-electron chi connectivity index (χ4n) is 13.7. The summed E-state index contributed by atoms with van der Waals surface area (Å²) < 4.78 is 15.5. The van der Waals surface area contributed by atoms with E-state index >= 15 is 0 Å². The monoisotopic (exact) mass is 1490 g/mol. The molecule has 1 aromatic heterocycles. The molecule has 2 amide bonds. The molecule has 106 heavy (non-hydrogen) atoms. The van der Waals surface area contributed by atoms with E-state index in [1.807, 2.05) is 37.2 Å². The minimum Gasteiger partial charge on any atom is -0.497 e. The lowest BCUT2D eigenvalue weighted by molar-refractivity contribution is -0.135. The van der Waals surface area contributed by atoms with Gasteiger partial charge in [0.15, 0.2) is 0 Å². The van der Waals surface area contributed by atoms with Crippen molar-refractivity contribution in [3.05, 3.63) is 59.4 Å². The van der Waals surface area contributed by atoms with Crippen LogP contribution >= 0.6 is 0 Å². The van der Waals surface area contributed by atoms with Crippen molar-refractivity contribution in [3.8, 4) is 11.8 Å². The van der Waals surface area contributed by atoms with Crippen LogP contribution in [0, 0.1) is 30.1 Å². The Morgan fingerprint density at radius 2 is 1.04 bits per heavy atom. The lowest BCUT2D eigenvalue weighted by Crippen LogP contribution is -2.50. The first-order chi connectivity index (χ1) is 50.1. The van der Waals surface area contributed by atoms with Crippen LogP contribution in [-0.4, -0.2) is 327 Å². The number of pyridine rings is 1. The predicted octanol–water partition coefficient (Wildman–Crippen LogP) is 12.5. The molecule has 9 heterocycles. The van der Waals surface area contributed by atoms with Gasteiger partial charge < -0.3 is 48.9 Å². The van der Waals surface area contributed by atoms with Gasteiger partial charge in [0.05, 0.1) is 52.3 Å². The van der Waals surface area contributed by atoms with Gasteiger partial charge in [-0.25, -0.2) is 0 Å². The van der Waals surface area contributed by atoms with E-state index in [1.54, 1.807) is 26.0 Å². The number of hydrogen-bond donors (Lipinski definition) is 2. The zero-order valence-electron chi connectivity index (χ0n) is 73.0. The number of piperidine rings is 2. The molecule has 1 aromatic carbocycles. The van der Waals surface area contributed by atoms with E-state index in [0.717, 1.165) is 180 Å². The summed E-state index contributed by atoms with van der Waals surface area (Å²) in [7, 11) is 5.34. The van der Waals surface area contributed by atoms with E-state index in [2.05, 4.69) is 225 Å². The van der Waals surface area contributed by atoms with Crippen LogP contribution in [0.2, 0.25) is 0 Å². The molecule has 2 N–H and O–H groups in total. The summed E-state index contributed by atoms with van der Waals surface area (Å²) in [4.78, 5) is 51.8. The summed E-state index contributed by atoms with van der Waals surface area (Å²) >= 11 is 0. The Hall–Kier alpha value is -3.92. The number of nitriles is 1. The molecule has 0 aliphatic carbocycles. The summed E-state index contributed by atoms with van der Waals surface area (Å²) in [5.74, 6) is 3.84. The zero-order chi connectivity index (χ0) is 80.0. The van der Waals surface area contributed by atoms with E-state index < -0.39 is 0 Å². The average molecular weight is 1490 g/mol. The molecule has 0 bridgehead atoms. The number of carbonyl (C=O) groups excluding carboxylic acids is 2. The fourth-order valence-corrected chi connectivity index (χ4v) is 13.7. The highest BCUT2D eigenvalue weighted by Gasteiger charge is 2.28. The van der Waals surface area contributed by atoms with E-state index in [1.165, 1.54) is 50.0 Å². The maximum atomic E-state index is 11.2. The van der Waals surface area contributed by atoms with Gasteiger partial charge in [-0.15, -0.1) is 0 Å². The number of ether oxygens (including phenoxy) is 3. The van der Waals surface area contributed by atoms with Crippen LogP contribution in [0.25, 0.3) is 0 Å². The van der Waals surface area contributed by atoms with Gasteiger partial charge in [0.2, 0.25) is 11.8 Å². The average Bonchev–Trinajstić information content (AvgIpc) is 1.87. The Balaban J connectivity index is 0.000000590. The number of benzene rings is 1. The molecule has 2 unspecified atom stereocenters. The van der Waals surface area contributed by atoms with E-state index in [-0.39, 0.29) is 17.9 Å². The lowest BCUT2D eigenvalue weighted by Gasteiger charge is -2.36. The molecule has 8 aliphatic heterocycles. The number of nitrogens with zero attached hydrogens (tertiary/aromatic N) is 13. The predicted molar refractivity (Wildman–Crippen MR) is 445 cm³/mol. The summed E-state index contributed by atoms with van der Waals surface area (Å²) in [6, 6.07) is 20.6. The fraction of sp³-hybridized carbons (Fsp3) is 0.837. The normalized spacial score (nSPS) is 20.9. The van der Waals surface area contributed by atoms with Crippen LogP contribution in [0.3, 0.4) is 0 Å². The van der Waals surface area contributed by atoms with Gasteiger partial charge in [-0.3, -0.25) is 44.0 Å². The van der Waals surface area contributed by atoms with Crippen molar-refractivity contribution in [3.63, 3.8) is 0 Å². The van der Waals surface area contributed by atoms with E-state index in [0.29, 0.717) is 79.2 Å². The molecule has 0 saturated carbocycles. The molecule has 10 rings (SSSR count). The smallest absolute Gasteiger partial charge is 0.236 e. The molecule has 616 valence electrons. The third-order valence-corrected chi connectivity index (χ3v) is 21.7. The molecule has 0 spiro atoms. The molecule has 8 fully saturated rings. The van der Waals surface area contributed by atoms with Crippen LogP contribution in [0.5, 0.6) is 5.75 Å². The number of methoxy groups -OCH3 is 2. The number of likely N-dealkylation sites (tertiary alicyclic amines) is 4. The molecule has 20 heteroatoms. The quantitative estimate of drug-likeness (QED) is 0.172. The minimum atomic E-state index is -0.0324. The summed E-state index contributed by atoms with van der Waals surface area (Å²) in [6.07, 6.45) is 9.93. The number of β-amino-alcohol motifs (C(OH)–C–C–N with tert-alkyl or cyclic N) is 1. The van der Waals surface area contributed by atoms with Crippen LogP contribution in [-0.2, 0) is 19.1 Å². The molecule has 0 radical (unpaired) electrons. The number of carbonyl (C=O) groups is 2. The van der Waals surface area contributed by atoms with Gasteiger partial charge in [0.1, 0.15) is 5.75 Å². The van der Waals surface area contributed by atoms with Crippen molar-refractivity contribution in [2.45, 2.75) is 277 Å². The molecule has 2 aromatic rings. The van der Waals surface area contributed by atoms with Crippen LogP contribution < -0.4 is 4.74 Å². The first kappa shape index (κ1) is 100. The maximum absolute atomic E-state index is 11.2. The number of hydrogen-bond acceptors (Lipinski definition) is 18. The molecule has 2 atom stereocenters. The first-order valence-electron chi connectivity index (χ1n) is 41.6. The minimum absolute atomic E-state index is 0.0324. The van der Waals surface area contributed by atoms with Crippen molar-refractivity contribution in [1.29, 1.82) is 5.26 Å². The summed E-state index contributed by atoms with van der Waals surface area (Å²) in [5, 5.41) is 26.6. The Bertz CT molecular complexity index is 2520. The Labute approximate surface area is 651 Å². The van der Waals surface area contributed by atoms with E-state index in [4.69, 9.17) is 24.6 Å². The van der Waals surface area contributed by atoms with Crippen LogP contribution in [0.15, 0.2) is 42.6 Å². The number of morpholine rings is 1. The number of likely N-dealkylation sites (N-methyl/N-ethyl adjacent to an activating group) is 1. The molecule has 8 saturated heterocycles. The van der Waals surface area contributed by atoms with Crippen molar-refractivity contribution >= 4 is 11.8 Å². The molecular weight excluding hydrogens is 1330 g/mol. The van der Waals surface area contributed by atoms with Crippen LogP contribution in [0.4, 0.5) is 0 Å². The van der Waals surface area contributed by atoms with Crippen molar-refractivity contribution in [2.75, 3.05) is 185 Å². The van der Waals surface area contributed by atoms with Crippen molar-refractivity contribution in [2.24, 2.45) is 11.8 Å². The third-order valence-electron chi connectivity index (χ3n) is 21.7. The molecule has 20 nitrogen and oxygen atoms in total. The van der Waals surface area contributed by atoms with Gasteiger partial charge in [-0.2, -0.15) is 5.26 Å². The van der Waals surface area contributed by atoms with E-state index in [9.17, 15) is 14.7 Å². The van der Waals surface area contributed by atoms with Gasteiger partial charge in [0.25, 0.3) is 0 Å². The number of aliphatic hydroxyl groups is 2. The van der Waals surface area contributed by atoms with Gasteiger partial charge in [-0.05, 0) is 242 Å². The third kappa shape index (κ3) is 43.6.